The Labute approximate surface area is 68.9 Å². The molecule has 0 spiro atoms. The molecular formula is C9H18N2. The summed E-state index contributed by atoms with van der Waals surface area (Å²) in [5.74, 6) is 0. The molecule has 0 radical (unpaired) electrons. The van der Waals surface area contributed by atoms with Gasteiger partial charge in [0.1, 0.15) is 0 Å². The molecule has 3 atom stereocenters. The summed E-state index contributed by atoms with van der Waals surface area (Å²) in [7, 11) is 0. The van der Waals surface area contributed by atoms with E-state index < -0.39 is 0 Å². The average molecular weight is 154 g/mol. The highest BCUT2D eigenvalue weighted by Crippen LogP contribution is 2.17. The topological polar surface area (TPSA) is 38.0 Å². The van der Waals surface area contributed by atoms with Crippen LogP contribution in [0.2, 0.25) is 0 Å². The molecule has 2 nitrogen and oxygen atoms in total. The minimum absolute atomic E-state index is 0.421. The van der Waals surface area contributed by atoms with Crippen molar-refractivity contribution in [3.8, 4) is 0 Å². The van der Waals surface area contributed by atoms with Gasteiger partial charge in [-0.2, -0.15) is 0 Å². The number of hydrogen-bond acceptors (Lipinski definition) is 2. The third-order valence-electron chi connectivity index (χ3n) is 2.33. The van der Waals surface area contributed by atoms with Gasteiger partial charge >= 0.3 is 0 Å². The Kier molecular flexibility index (Phi) is 3.09. The van der Waals surface area contributed by atoms with Crippen molar-refractivity contribution in [2.24, 2.45) is 5.73 Å². The molecule has 1 aliphatic rings. The second-order valence-electron chi connectivity index (χ2n) is 3.46. The van der Waals surface area contributed by atoms with Crippen LogP contribution in [0.15, 0.2) is 12.7 Å². The van der Waals surface area contributed by atoms with E-state index in [2.05, 4.69) is 18.8 Å². The lowest BCUT2D eigenvalue weighted by atomic mass is 10.2. The van der Waals surface area contributed by atoms with E-state index in [4.69, 9.17) is 5.73 Å². The summed E-state index contributed by atoms with van der Waals surface area (Å²) in [6, 6.07) is 1.47. The minimum atomic E-state index is 0.421. The molecule has 1 rings (SSSR count). The summed E-state index contributed by atoms with van der Waals surface area (Å²) in [5.41, 5.74) is 5.78. The van der Waals surface area contributed by atoms with Crippen LogP contribution in [0.5, 0.6) is 0 Å². The normalized spacial score (nSPS) is 33.6. The van der Waals surface area contributed by atoms with Crippen LogP contribution in [0.25, 0.3) is 0 Å². The summed E-state index contributed by atoms with van der Waals surface area (Å²) in [6.07, 6.45) is 5.45. The molecule has 0 bridgehead atoms. The molecule has 1 saturated carbocycles. The van der Waals surface area contributed by atoms with Gasteiger partial charge in [-0.1, -0.05) is 6.08 Å². The van der Waals surface area contributed by atoms with E-state index in [9.17, 15) is 0 Å². The molecule has 64 valence electrons. The molecule has 3 N–H and O–H groups in total. The second-order valence-corrected chi connectivity index (χ2v) is 3.46. The first-order valence-corrected chi connectivity index (χ1v) is 4.36. The van der Waals surface area contributed by atoms with Gasteiger partial charge in [0.2, 0.25) is 0 Å². The molecule has 3 unspecified atom stereocenters. The fourth-order valence-corrected chi connectivity index (χ4v) is 1.61. The van der Waals surface area contributed by atoms with E-state index in [1.807, 2.05) is 6.08 Å². The van der Waals surface area contributed by atoms with Gasteiger partial charge in [-0.15, -0.1) is 6.58 Å². The molecule has 11 heavy (non-hydrogen) atoms. The third kappa shape index (κ3) is 2.64. The number of nitrogens with two attached hydrogens (primary N) is 1. The van der Waals surface area contributed by atoms with Gasteiger partial charge in [0.05, 0.1) is 0 Å². The molecule has 0 aromatic heterocycles. The van der Waals surface area contributed by atoms with Crippen molar-refractivity contribution in [1.29, 1.82) is 0 Å². The fourth-order valence-electron chi connectivity index (χ4n) is 1.61. The van der Waals surface area contributed by atoms with Crippen LogP contribution >= 0.6 is 0 Å². The summed E-state index contributed by atoms with van der Waals surface area (Å²) in [4.78, 5) is 0. The third-order valence-corrected chi connectivity index (χ3v) is 2.33. The van der Waals surface area contributed by atoms with Crippen molar-refractivity contribution in [1.82, 2.24) is 5.32 Å². The maximum absolute atomic E-state index is 5.78. The van der Waals surface area contributed by atoms with Crippen LogP contribution < -0.4 is 11.1 Å². The first-order valence-electron chi connectivity index (χ1n) is 4.36. The molecule has 1 aliphatic carbocycles. The van der Waals surface area contributed by atoms with Crippen LogP contribution in [0.4, 0.5) is 0 Å². The lowest BCUT2D eigenvalue weighted by Crippen LogP contribution is -2.34. The second kappa shape index (κ2) is 3.88. The zero-order chi connectivity index (χ0) is 8.27. The highest BCUT2D eigenvalue weighted by Gasteiger charge is 2.21. The fraction of sp³-hybridized carbons (Fsp3) is 0.778. The first-order chi connectivity index (χ1) is 5.22. The Morgan fingerprint density at radius 1 is 1.64 bits per heavy atom. The summed E-state index contributed by atoms with van der Waals surface area (Å²) in [6.45, 7) is 5.85. The van der Waals surface area contributed by atoms with Gasteiger partial charge in [0.15, 0.2) is 0 Å². The molecule has 0 aliphatic heterocycles. The van der Waals surface area contributed by atoms with E-state index in [0.717, 1.165) is 6.42 Å². The molecular weight excluding hydrogens is 136 g/mol. The van der Waals surface area contributed by atoms with E-state index in [-0.39, 0.29) is 0 Å². The van der Waals surface area contributed by atoms with Gasteiger partial charge in [-0.25, -0.2) is 0 Å². The Morgan fingerprint density at radius 3 is 2.82 bits per heavy atom. The van der Waals surface area contributed by atoms with Gasteiger partial charge in [0, 0.05) is 18.1 Å². The van der Waals surface area contributed by atoms with Gasteiger partial charge in [-0.3, -0.25) is 0 Å². The van der Waals surface area contributed by atoms with E-state index >= 15 is 0 Å². The lowest BCUT2D eigenvalue weighted by molar-refractivity contribution is 0.490. The monoisotopic (exact) mass is 154 g/mol. The van der Waals surface area contributed by atoms with Crippen molar-refractivity contribution in [2.45, 2.75) is 44.3 Å². The lowest BCUT2D eigenvalue weighted by Gasteiger charge is -2.15. The molecule has 2 heteroatoms. The summed E-state index contributed by atoms with van der Waals surface area (Å²) < 4.78 is 0. The van der Waals surface area contributed by atoms with Gasteiger partial charge < -0.3 is 11.1 Å². The Balaban J connectivity index is 2.22. The summed E-state index contributed by atoms with van der Waals surface area (Å²) in [5, 5.41) is 3.46. The highest BCUT2D eigenvalue weighted by molar-refractivity contribution is 4.89. The van der Waals surface area contributed by atoms with E-state index in [1.54, 1.807) is 0 Å². The Hall–Kier alpha value is -0.340. The Bertz CT molecular complexity index is 134. The maximum Gasteiger partial charge on any atom is 0.0221 e. The maximum atomic E-state index is 5.78. The molecule has 0 aromatic carbocycles. The van der Waals surface area contributed by atoms with Crippen molar-refractivity contribution in [3.05, 3.63) is 12.7 Å². The smallest absolute Gasteiger partial charge is 0.0221 e. The SMILES string of the molecule is C=CC(C)NC1CCC(N)C1. The zero-order valence-electron chi connectivity index (χ0n) is 7.22. The van der Waals surface area contributed by atoms with Gasteiger partial charge in [-0.05, 0) is 26.2 Å². The van der Waals surface area contributed by atoms with Gasteiger partial charge in [0.25, 0.3) is 0 Å². The predicted octanol–water partition coefficient (Wildman–Crippen LogP) is 1.03. The largest absolute Gasteiger partial charge is 0.328 e. The van der Waals surface area contributed by atoms with Crippen LogP contribution in [0, 0.1) is 0 Å². The minimum Gasteiger partial charge on any atom is -0.328 e. The van der Waals surface area contributed by atoms with Crippen molar-refractivity contribution < 1.29 is 0 Å². The van der Waals surface area contributed by atoms with E-state index in [0.29, 0.717) is 18.1 Å². The van der Waals surface area contributed by atoms with E-state index in [1.165, 1.54) is 12.8 Å². The van der Waals surface area contributed by atoms with Crippen LogP contribution in [0.1, 0.15) is 26.2 Å². The quantitative estimate of drug-likeness (QED) is 0.596. The van der Waals surface area contributed by atoms with Crippen molar-refractivity contribution in [2.75, 3.05) is 0 Å². The van der Waals surface area contributed by atoms with Crippen molar-refractivity contribution >= 4 is 0 Å². The highest BCUT2D eigenvalue weighted by atomic mass is 15.0. The molecule has 0 aromatic rings. The zero-order valence-corrected chi connectivity index (χ0v) is 7.22. The molecule has 1 fully saturated rings. The predicted molar refractivity (Wildman–Crippen MR) is 48.4 cm³/mol. The molecule has 0 heterocycles. The summed E-state index contributed by atoms with van der Waals surface area (Å²) >= 11 is 0. The Morgan fingerprint density at radius 2 is 2.36 bits per heavy atom. The van der Waals surface area contributed by atoms with Crippen molar-refractivity contribution in [3.63, 3.8) is 0 Å². The van der Waals surface area contributed by atoms with Crippen LogP contribution in [-0.2, 0) is 0 Å². The number of nitrogens with one attached hydrogen (secondary N) is 1. The standard InChI is InChI=1S/C9H18N2/c1-3-7(2)11-9-5-4-8(10)6-9/h3,7-9,11H,1,4-6,10H2,2H3. The number of hydrogen-bond donors (Lipinski definition) is 2. The first kappa shape index (κ1) is 8.75. The molecule has 0 saturated heterocycles. The van der Waals surface area contributed by atoms with Crippen LogP contribution in [0.3, 0.4) is 0 Å². The average Bonchev–Trinajstić information content (AvgIpc) is 2.35. The molecule has 0 amide bonds. The van der Waals surface area contributed by atoms with Crippen LogP contribution in [-0.4, -0.2) is 18.1 Å². The number of rotatable bonds is 3.